The lowest BCUT2D eigenvalue weighted by Gasteiger charge is -2.16. The highest BCUT2D eigenvalue weighted by molar-refractivity contribution is 7.80. The standard InChI is InChI=1S/C16H15ClN2OS/c17-12-5-3-6-13(15(12)16(18)21)19-9-11-8-10-4-1-2-7-14(10)20-11/h1-7,11,19H,8-9H2,(H2,18,21). The fraction of sp³-hybridized carbons (Fsp3) is 0.188. The van der Waals surface area contributed by atoms with E-state index in [-0.39, 0.29) is 6.10 Å². The summed E-state index contributed by atoms with van der Waals surface area (Å²) in [6.07, 6.45) is 0.993. The fourth-order valence-corrected chi connectivity index (χ4v) is 3.07. The molecular weight excluding hydrogens is 304 g/mol. The normalized spacial score (nSPS) is 16.1. The molecule has 0 amide bonds. The Kier molecular flexibility index (Phi) is 3.99. The van der Waals surface area contributed by atoms with Gasteiger partial charge in [0.2, 0.25) is 0 Å². The van der Waals surface area contributed by atoms with E-state index in [0.29, 0.717) is 22.1 Å². The number of nitrogens with two attached hydrogens (primary N) is 1. The molecule has 108 valence electrons. The molecule has 0 radical (unpaired) electrons. The lowest BCUT2D eigenvalue weighted by Crippen LogP contribution is -2.25. The van der Waals surface area contributed by atoms with Gasteiger partial charge < -0.3 is 15.8 Å². The lowest BCUT2D eigenvalue weighted by molar-refractivity contribution is 0.246. The minimum Gasteiger partial charge on any atom is -0.488 e. The van der Waals surface area contributed by atoms with Gasteiger partial charge in [-0.15, -0.1) is 0 Å². The molecule has 0 spiro atoms. The number of hydrogen-bond acceptors (Lipinski definition) is 3. The van der Waals surface area contributed by atoms with E-state index in [9.17, 15) is 0 Å². The summed E-state index contributed by atoms with van der Waals surface area (Å²) in [7, 11) is 0. The Balaban J connectivity index is 1.70. The van der Waals surface area contributed by atoms with Crippen molar-refractivity contribution in [3.63, 3.8) is 0 Å². The first-order valence-electron chi connectivity index (χ1n) is 6.72. The van der Waals surface area contributed by atoms with E-state index >= 15 is 0 Å². The van der Waals surface area contributed by atoms with Crippen LogP contribution in [0.2, 0.25) is 5.02 Å². The molecular formula is C16H15ClN2OS. The van der Waals surface area contributed by atoms with Crippen LogP contribution in [0.5, 0.6) is 5.75 Å². The Labute approximate surface area is 134 Å². The fourth-order valence-electron chi connectivity index (χ4n) is 2.51. The van der Waals surface area contributed by atoms with Gasteiger partial charge >= 0.3 is 0 Å². The summed E-state index contributed by atoms with van der Waals surface area (Å²) >= 11 is 11.2. The summed E-state index contributed by atoms with van der Waals surface area (Å²) in [5, 5.41) is 3.89. The summed E-state index contributed by atoms with van der Waals surface area (Å²) in [6, 6.07) is 13.7. The Morgan fingerprint density at radius 1 is 1.29 bits per heavy atom. The molecule has 1 unspecified atom stereocenters. The van der Waals surface area contributed by atoms with Gasteiger partial charge in [0.05, 0.1) is 17.1 Å². The van der Waals surface area contributed by atoms with Crippen molar-refractivity contribution in [3.05, 3.63) is 58.6 Å². The van der Waals surface area contributed by atoms with Crippen molar-refractivity contribution in [2.24, 2.45) is 5.73 Å². The summed E-state index contributed by atoms with van der Waals surface area (Å²) < 4.78 is 5.90. The largest absolute Gasteiger partial charge is 0.488 e. The number of nitrogens with one attached hydrogen (secondary N) is 1. The third-order valence-corrected chi connectivity index (χ3v) is 4.01. The van der Waals surface area contributed by atoms with Gasteiger partial charge in [-0.2, -0.15) is 0 Å². The summed E-state index contributed by atoms with van der Waals surface area (Å²) in [5.41, 5.74) is 8.51. The number of rotatable bonds is 4. The Bertz CT molecular complexity index is 665. The van der Waals surface area contributed by atoms with Crippen LogP contribution in [0.15, 0.2) is 42.5 Å². The molecule has 0 saturated carbocycles. The third kappa shape index (κ3) is 2.96. The second-order valence-corrected chi connectivity index (χ2v) is 5.81. The van der Waals surface area contributed by atoms with Gasteiger partial charge in [0.25, 0.3) is 0 Å². The van der Waals surface area contributed by atoms with Crippen LogP contribution in [0.4, 0.5) is 5.69 Å². The van der Waals surface area contributed by atoms with Crippen molar-refractivity contribution < 1.29 is 4.74 Å². The molecule has 0 aliphatic carbocycles. The van der Waals surface area contributed by atoms with Crippen LogP contribution in [0.3, 0.4) is 0 Å². The van der Waals surface area contributed by atoms with Crippen LogP contribution in [0, 0.1) is 0 Å². The molecule has 1 atom stereocenters. The van der Waals surface area contributed by atoms with Gasteiger partial charge in [-0.25, -0.2) is 0 Å². The van der Waals surface area contributed by atoms with Gasteiger partial charge in [0.1, 0.15) is 16.8 Å². The molecule has 21 heavy (non-hydrogen) atoms. The van der Waals surface area contributed by atoms with E-state index < -0.39 is 0 Å². The van der Waals surface area contributed by atoms with Gasteiger partial charge in [0, 0.05) is 12.1 Å². The maximum atomic E-state index is 6.15. The first-order valence-corrected chi connectivity index (χ1v) is 7.50. The highest BCUT2D eigenvalue weighted by Gasteiger charge is 2.22. The average Bonchev–Trinajstić information content (AvgIpc) is 2.87. The zero-order chi connectivity index (χ0) is 14.8. The molecule has 2 aromatic carbocycles. The van der Waals surface area contributed by atoms with Crippen LogP contribution < -0.4 is 15.8 Å². The molecule has 2 aromatic rings. The molecule has 0 aromatic heterocycles. The van der Waals surface area contributed by atoms with Crippen molar-refractivity contribution in [2.45, 2.75) is 12.5 Å². The number of para-hydroxylation sites is 1. The van der Waals surface area contributed by atoms with Crippen LogP contribution in [-0.4, -0.2) is 17.6 Å². The van der Waals surface area contributed by atoms with Crippen molar-refractivity contribution in [2.75, 3.05) is 11.9 Å². The van der Waals surface area contributed by atoms with Crippen molar-refractivity contribution in [3.8, 4) is 5.75 Å². The first-order chi connectivity index (χ1) is 10.1. The number of benzene rings is 2. The number of ether oxygens (including phenoxy) is 1. The molecule has 3 rings (SSSR count). The SMILES string of the molecule is NC(=S)c1c(Cl)cccc1NCC1Cc2ccccc2O1. The van der Waals surface area contributed by atoms with E-state index in [2.05, 4.69) is 11.4 Å². The summed E-state index contributed by atoms with van der Waals surface area (Å²) in [4.78, 5) is 0.290. The van der Waals surface area contributed by atoms with Gasteiger partial charge in [0.15, 0.2) is 0 Å². The molecule has 1 heterocycles. The predicted octanol–water partition coefficient (Wildman–Crippen LogP) is 3.39. The average molecular weight is 319 g/mol. The number of fused-ring (bicyclic) bond motifs is 1. The lowest BCUT2D eigenvalue weighted by atomic mass is 10.1. The van der Waals surface area contributed by atoms with Crippen LogP contribution in [0.1, 0.15) is 11.1 Å². The number of halogens is 1. The molecule has 0 bridgehead atoms. The molecule has 3 nitrogen and oxygen atoms in total. The van der Waals surface area contributed by atoms with Crippen molar-refractivity contribution in [1.82, 2.24) is 0 Å². The Morgan fingerprint density at radius 2 is 2.10 bits per heavy atom. The molecule has 5 heteroatoms. The van der Waals surface area contributed by atoms with E-state index in [1.807, 2.05) is 30.3 Å². The van der Waals surface area contributed by atoms with Crippen LogP contribution >= 0.6 is 23.8 Å². The molecule has 0 fully saturated rings. The number of thiocarbonyl (C=S) groups is 1. The Morgan fingerprint density at radius 3 is 2.86 bits per heavy atom. The maximum absolute atomic E-state index is 6.15. The minimum atomic E-state index is 0.0978. The molecule has 0 saturated heterocycles. The van der Waals surface area contributed by atoms with Crippen molar-refractivity contribution in [1.29, 1.82) is 0 Å². The van der Waals surface area contributed by atoms with Gasteiger partial charge in [-0.3, -0.25) is 0 Å². The minimum absolute atomic E-state index is 0.0978. The van der Waals surface area contributed by atoms with Gasteiger partial charge in [-0.1, -0.05) is 48.1 Å². The predicted molar refractivity (Wildman–Crippen MR) is 90.4 cm³/mol. The van der Waals surface area contributed by atoms with Crippen molar-refractivity contribution >= 4 is 34.5 Å². The van der Waals surface area contributed by atoms with E-state index in [0.717, 1.165) is 17.9 Å². The zero-order valence-corrected chi connectivity index (χ0v) is 12.9. The highest BCUT2D eigenvalue weighted by atomic mass is 35.5. The molecule has 3 N–H and O–H groups in total. The topological polar surface area (TPSA) is 47.3 Å². The van der Waals surface area contributed by atoms with Crippen LogP contribution in [0.25, 0.3) is 0 Å². The second-order valence-electron chi connectivity index (χ2n) is 4.96. The summed E-state index contributed by atoms with van der Waals surface area (Å²) in [5.74, 6) is 0.963. The molecule has 1 aliphatic heterocycles. The zero-order valence-electron chi connectivity index (χ0n) is 11.3. The first kappa shape index (κ1) is 14.2. The third-order valence-electron chi connectivity index (χ3n) is 3.49. The van der Waals surface area contributed by atoms with E-state index in [1.54, 1.807) is 6.07 Å². The van der Waals surface area contributed by atoms with E-state index in [1.165, 1.54) is 5.56 Å². The summed E-state index contributed by atoms with van der Waals surface area (Å²) in [6.45, 7) is 0.671. The second kappa shape index (κ2) is 5.92. The highest BCUT2D eigenvalue weighted by Crippen LogP contribution is 2.29. The smallest absolute Gasteiger partial charge is 0.123 e. The van der Waals surface area contributed by atoms with Crippen LogP contribution in [-0.2, 0) is 6.42 Å². The van der Waals surface area contributed by atoms with E-state index in [4.69, 9.17) is 34.3 Å². The Hall–Kier alpha value is -1.78. The number of anilines is 1. The molecule has 1 aliphatic rings. The maximum Gasteiger partial charge on any atom is 0.123 e. The van der Waals surface area contributed by atoms with Gasteiger partial charge in [-0.05, 0) is 23.8 Å². The number of hydrogen-bond donors (Lipinski definition) is 2. The monoisotopic (exact) mass is 318 g/mol. The quantitative estimate of drug-likeness (QED) is 0.848.